The van der Waals surface area contributed by atoms with E-state index in [1.807, 2.05) is 0 Å². The zero-order valence-corrected chi connectivity index (χ0v) is 12.4. The molecule has 1 aliphatic heterocycles. The van der Waals surface area contributed by atoms with Gasteiger partial charge in [0.1, 0.15) is 6.17 Å². The number of aryl methyl sites for hydroxylation is 1. The lowest BCUT2D eigenvalue weighted by Gasteiger charge is -2.33. The van der Waals surface area contributed by atoms with Crippen LogP contribution in [0.5, 0.6) is 0 Å². The largest absolute Gasteiger partial charge is 0.321 e. The maximum atomic E-state index is 12.5. The normalized spacial score (nSPS) is 26.9. The van der Waals surface area contributed by atoms with Gasteiger partial charge in [-0.15, -0.1) is 0 Å². The summed E-state index contributed by atoms with van der Waals surface area (Å²) in [6.07, 6.45) is 4.81. The molecule has 0 aromatic heterocycles. The number of nitrogens with zero attached hydrogens (tertiary/aromatic N) is 1. The van der Waals surface area contributed by atoms with Crippen LogP contribution in [0.4, 0.5) is 0 Å². The van der Waals surface area contributed by atoms with Gasteiger partial charge in [-0.1, -0.05) is 43.2 Å². The molecule has 1 aromatic carbocycles. The fourth-order valence-corrected chi connectivity index (χ4v) is 3.24. The van der Waals surface area contributed by atoms with Crippen LogP contribution in [0.15, 0.2) is 24.3 Å². The molecule has 1 aromatic rings. The lowest BCUT2D eigenvalue weighted by atomic mass is 9.85. The first-order valence-electron chi connectivity index (χ1n) is 7.82. The van der Waals surface area contributed by atoms with E-state index < -0.39 is 0 Å². The Labute approximate surface area is 121 Å². The SMILES string of the molecule is CCC1NC(c2cccc(C)c2)N(CC2CCC2)C1=O. The van der Waals surface area contributed by atoms with Crippen molar-refractivity contribution < 1.29 is 4.79 Å². The Morgan fingerprint density at radius 2 is 2.15 bits per heavy atom. The van der Waals surface area contributed by atoms with E-state index in [4.69, 9.17) is 0 Å². The summed E-state index contributed by atoms with van der Waals surface area (Å²) in [6, 6.07) is 8.49. The van der Waals surface area contributed by atoms with E-state index in [9.17, 15) is 4.79 Å². The van der Waals surface area contributed by atoms with Crippen LogP contribution in [0.1, 0.15) is 49.9 Å². The lowest BCUT2D eigenvalue weighted by molar-refractivity contribution is -0.131. The molecule has 108 valence electrons. The summed E-state index contributed by atoms with van der Waals surface area (Å²) in [7, 11) is 0. The van der Waals surface area contributed by atoms with Gasteiger partial charge in [0.05, 0.1) is 6.04 Å². The molecule has 1 amide bonds. The molecular formula is C17H24N2O. The summed E-state index contributed by atoms with van der Waals surface area (Å²) in [5, 5.41) is 3.51. The smallest absolute Gasteiger partial charge is 0.241 e. The third-order valence-corrected chi connectivity index (χ3v) is 4.70. The highest BCUT2D eigenvalue weighted by molar-refractivity contribution is 5.84. The predicted molar refractivity (Wildman–Crippen MR) is 80.2 cm³/mol. The van der Waals surface area contributed by atoms with Crippen LogP contribution in [-0.4, -0.2) is 23.4 Å². The van der Waals surface area contributed by atoms with Crippen molar-refractivity contribution in [2.75, 3.05) is 6.54 Å². The minimum Gasteiger partial charge on any atom is -0.321 e. The Kier molecular flexibility index (Phi) is 3.79. The first-order chi connectivity index (χ1) is 9.69. The topological polar surface area (TPSA) is 32.3 Å². The number of nitrogens with one attached hydrogen (secondary N) is 1. The molecule has 1 saturated heterocycles. The minimum absolute atomic E-state index is 0.0133. The van der Waals surface area contributed by atoms with Crippen molar-refractivity contribution >= 4 is 5.91 Å². The van der Waals surface area contributed by atoms with Gasteiger partial charge in [0.15, 0.2) is 0 Å². The highest BCUT2D eigenvalue weighted by Crippen LogP contribution is 2.33. The molecule has 1 N–H and O–H groups in total. The van der Waals surface area contributed by atoms with Gasteiger partial charge in [0.2, 0.25) is 5.91 Å². The zero-order valence-electron chi connectivity index (χ0n) is 12.4. The van der Waals surface area contributed by atoms with Crippen molar-refractivity contribution in [2.24, 2.45) is 5.92 Å². The molecule has 2 unspecified atom stereocenters. The van der Waals surface area contributed by atoms with Gasteiger partial charge >= 0.3 is 0 Å². The molecule has 2 fully saturated rings. The van der Waals surface area contributed by atoms with Crippen LogP contribution < -0.4 is 5.32 Å². The van der Waals surface area contributed by atoms with E-state index in [0.717, 1.165) is 13.0 Å². The summed E-state index contributed by atoms with van der Waals surface area (Å²) in [6.45, 7) is 5.10. The molecule has 20 heavy (non-hydrogen) atoms. The van der Waals surface area contributed by atoms with Crippen molar-refractivity contribution in [1.29, 1.82) is 0 Å². The van der Waals surface area contributed by atoms with Gasteiger partial charge in [0.25, 0.3) is 0 Å². The van der Waals surface area contributed by atoms with Gasteiger partial charge in [-0.2, -0.15) is 0 Å². The maximum absolute atomic E-state index is 12.5. The van der Waals surface area contributed by atoms with Crippen LogP contribution in [0.2, 0.25) is 0 Å². The lowest BCUT2D eigenvalue weighted by Crippen LogP contribution is -2.37. The zero-order chi connectivity index (χ0) is 14.1. The molecule has 0 spiro atoms. The quantitative estimate of drug-likeness (QED) is 0.914. The van der Waals surface area contributed by atoms with Crippen molar-refractivity contribution in [3.63, 3.8) is 0 Å². The maximum Gasteiger partial charge on any atom is 0.241 e. The second-order valence-corrected chi connectivity index (χ2v) is 6.23. The van der Waals surface area contributed by atoms with Crippen LogP contribution in [0.3, 0.4) is 0 Å². The van der Waals surface area contributed by atoms with Gasteiger partial charge < -0.3 is 4.90 Å². The fourth-order valence-electron chi connectivity index (χ4n) is 3.24. The molecule has 3 heteroatoms. The van der Waals surface area contributed by atoms with E-state index >= 15 is 0 Å². The van der Waals surface area contributed by atoms with Crippen molar-refractivity contribution in [2.45, 2.75) is 51.7 Å². The molecule has 2 atom stereocenters. The number of rotatable bonds is 4. The Morgan fingerprint density at radius 3 is 2.75 bits per heavy atom. The number of amides is 1. The summed E-state index contributed by atoms with van der Waals surface area (Å²) < 4.78 is 0. The summed E-state index contributed by atoms with van der Waals surface area (Å²) >= 11 is 0. The first kappa shape index (κ1) is 13.6. The van der Waals surface area contributed by atoms with Gasteiger partial charge in [-0.25, -0.2) is 0 Å². The molecule has 0 bridgehead atoms. The number of hydrogen-bond donors (Lipinski definition) is 1. The van der Waals surface area contributed by atoms with E-state index in [-0.39, 0.29) is 18.1 Å². The average Bonchev–Trinajstić information content (AvgIpc) is 2.70. The number of benzene rings is 1. The molecule has 1 aliphatic carbocycles. The Hall–Kier alpha value is -1.35. The van der Waals surface area contributed by atoms with Gasteiger partial charge in [0, 0.05) is 6.54 Å². The van der Waals surface area contributed by atoms with Crippen molar-refractivity contribution in [1.82, 2.24) is 10.2 Å². The summed E-state index contributed by atoms with van der Waals surface area (Å²) in [5.74, 6) is 0.995. The van der Waals surface area contributed by atoms with Gasteiger partial charge in [-0.3, -0.25) is 10.1 Å². The predicted octanol–water partition coefficient (Wildman–Crippen LogP) is 3.00. The molecule has 1 heterocycles. The third-order valence-electron chi connectivity index (χ3n) is 4.70. The number of hydrogen-bond acceptors (Lipinski definition) is 2. The highest BCUT2D eigenvalue weighted by Gasteiger charge is 2.40. The molecular weight excluding hydrogens is 248 g/mol. The average molecular weight is 272 g/mol. The molecule has 3 nitrogen and oxygen atoms in total. The van der Waals surface area contributed by atoms with Crippen LogP contribution in [0, 0.1) is 12.8 Å². The fraction of sp³-hybridized carbons (Fsp3) is 0.588. The molecule has 1 saturated carbocycles. The van der Waals surface area contributed by atoms with E-state index in [2.05, 4.69) is 48.3 Å². The summed E-state index contributed by atoms with van der Waals surface area (Å²) in [5.41, 5.74) is 2.47. The Morgan fingerprint density at radius 1 is 1.35 bits per heavy atom. The second kappa shape index (κ2) is 5.57. The van der Waals surface area contributed by atoms with E-state index in [1.54, 1.807) is 0 Å². The van der Waals surface area contributed by atoms with Gasteiger partial charge in [-0.05, 0) is 37.7 Å². The molecule has 0 radical (unpaired) electrons. The van der Waals surface area contributed by atoms with Crippen molar-refractivity contribution in [3.05, 3.63) is 35.4 Å². The third kappa shape index (κ3) is 2.47. The monoisotopic (exact) mass is 272 g/mol. The minimum atomic E-state index is -0.0133. The Balaban J connectivity index is 1.83. The van der Waals surface area contributed by atoms with E-state index in [1.165, 1.54) is 30.4 Å². The van der Waals surface area contributed by atoms with Crippen molar-refractivity contribution in [3.8, 4) is 0 Å². The van der Waals surface area contributed by atoms with Crippen LogP contribution in [0.25, 0.3) is 0 Å². The van der Waals surface area contributed by atoms with E-state index in [0.29, 0.717) is 5.92 Å². The molecule has 2 aliphatic rings. The number of carbonyl (C=O) groups is 1. The number of carbonyl (C=O) groups excluding carboxylic acids is 1. The van der Waals surface area contributed by atoms with Crippen LogP contribution >= 0.6 is 0 Å². The first-order valence-corrected chi connectivity index (χ1v) is 7.82. The second-order valence-electron chi connectivity index (χ2n) is 6.23. The Bertz CT molecular complexity index is 496. The standard InChI is InChI=1S/C17H24N2O/c1-3-15-17(20)19(11-13-7-5-8-13)16(18-15)14-9-4-6-12(2)10-14/h4,6,9-10,13,15-16,18H,3,5,7-8,11H2,1-2H3. The molecule has 3 rings (SSSR count). The van der Waals surface area contributed by atoms with Crippen LogP contribution in [-0.2, 0) is 4.79 Å². The summed E-state index contributed by atoms with van der Waals surface area (Å²) in [4.78, 5) is 14.6. The highest BCUT2D eigenvalue weighted by atomic mass is 16.2.